The molecular formula is C14H17BrN4S. The number of thiophene rings is 1. The van der Waals surface area contributed by atoms with Gasteiger partial charge >= 0.3 is 0 Å². The zero-order valence-electron chi connectivity index (χ0n) is 11.1. The van der Waals surface area contributed by atoms with E-state index < -0.39 is 0 Å². The molecule has 20 heavy (non-hydrogen) atoms. The summed E-state index contributed by atoms with van der Waals surface area (Å²) in [7, 11) is 0. The number of piperidine rings is 1. The van der Waals surface area contributed by atoms with E-state index in [9.17, 15) is 0 Å². The topological polar surface area (TPSA) is 41.0 Å². The standard InChI is InChI=1S/C14H17BrN4S/c15-13-5-4-12(20-13)9-18-11-3-1-8-19(10-11)14-16-6-2-7-17-14/h2,4-7,11,18H,1,3,8-10H2. The number of nitrogens with zero attached hydrogens (tertiary/aromatic N) is 3. The van der Waals surface area contributed by atoms with Gasteiger partial charge in [0.15, 0.2) is 0 Å². The second-order valence-electron chi connectivity index (χ2n) is 4.92. The average Bonchev–Trinajstić information content (AvgIpc) is 2.92. The minimum Gasteiger partial charge on any atom is -0.339 e. The molecule has 0 bridgehead atoms. The molecular weight excluding hydrogens is 336 g/mol. The van der Waals surface area contributed by atoms with Crippen LogP contribution in [0.25, 0.3) is 0 Å². The van der Waals surface area contributed by atoms with Gasteiger partial charge in [-0.2, -0.15) is 0 Å². The number of rotatable bonds is 4. The van der Waals surface area contributed by atoms with E-state index in [0.717, 1.165) is 25.6 Å². The maximum Gasteiger partial charge on any atom is 0.225 e. The normalized spacial score (nSPS) is 19.2. The van der Waals surface area contributed by atoms with Crippen molar-refractivity contribution in [2.75, 3.05) is 18.0 Å². The van der Waals surface area contributed by atoms with Gasteiger partial charge in [-0.1, -0.05) is 0 Å². The smallest absolute Gasteiger partial charge is 0.225 e. The molecule has 1 aliphatic heterocycles. The van der Waals surface area contributed by atoms with E-state index in [0.29, 0.717) is 6.04 Å². The van der Waals surface area contributed by atoms with Crippen molar-refractivity contribution in [1.82, 2.24) is 15.3 Å². The minimum atomic E-state index is 0.508. The van der Waals surface area contributed by atoms with Crippen molar-refractivity contribution in [2.24, 2.45) is 0 Å². The molecule has 0 saturated carbocycles. The van der Waals surface area contributed by atoms with Crippen molar-refractivity contribution in [3.8, 4) is 0 Å². The first-order valence-electron chi connectivity index (χ1n) is 6.81. The Bertz CT molecular complexity index is 545. The number of hydrogen-bond donors (Lipinski definition) is 1. The van der Waals surface area contributed by atoms with Crippen LogP contribution >= 0.6 is 27.3 Å². The summed E-state index contributed by atoms with van der Waals surface area (Å²) >= 11 is 5.29. The molecule has 1 aliphatic rings. The van der Waals surface area contributed by atoms with E-state index in [1.165, 1.54) is 21.5 Å². The summed E-state index contributed by atoms with van der Waals surface area (Å²) in [5.41, 5.74) is 0. The molecule has 6 heteroatoms. The first kappa shape index (κ1) is 14.0. The van der Waals surface area contributed by atoms with Crippen molar-refractivity contribution in [1.29, 1.82) is 0 Å². The number of hydrogen-bond acceptors (Lipinski definition) is 5. The van der Waals surface area contributed by atoms with E-state index in [-0.39, 0.29) is 0 Å². The van der Waals surface area contributed by atoms with Crippen molar-refractivity contribution < 1.29 is 0 Å². The molecule has 4 nitrogen and oxygen atoms in total. The van der Waals surface area contributed by atoms with E-state index in [4.69, 9.17) is 0 Å². The Morgan fingerprint density at radius 3 is 2.95 bits per heavy atom. The quantitative estimate of drug-likeness (QED) is 0.917. The second kappa shape index (κ2) is 6.65. The predicted molar refractivity (Wildman–Crippen MR) is 86.1 cm³/mol. The molecule has 3 heterocycles. The lowest BCUT2D eigenvalue weighted by atomic mass is 10.1. The maximum atomic E-state index is 4.34. The van der Waals surface area contributed by atoms with Gasteiger partial charge in [0.1, 0.15) is 0 Å². The summed E-state index contributed by atoms with van der Waals surface area (Å²) in [6, 6.07) is 6.64. The van der Waals surface area contributed by atoms with Gasteiger partial charge in [-0.15, -0.1) is 11.3 Å². The third kappa shape index (κ3) is 3.56. The zero-order chi connectivity index (χ0) is 13.8. The summed E-state index contributed by atoms with van der Waals surface area (Å²) < 4.78 is 1.19. The molecule has 0 radical (unpaired) electrons. The number of nitrogens with one attached hydrogen (secondary N) is 1. The van der Waals surface area contributed by atoms with Gasteiger partial charge in [-0.05, 0) is 47.0 Å². The van der Waals surface area contributed by atoms with Crippen LogP contribution in [-0.4, -0.2) is 29.1 Å². The third-order valence-electron chi connectivity index (χ3n) is 3.45. The Hall–Kier alpha value is -0.980. The van der Waals surface area contributed by atoms with E-state index in [1.54, 1.807) is 11.3 Å². The summed E-state index contributed by atoms with van der Waals surface area (Å²) in [5, 5.41) is 3.64. The summed E-state index contributed by atoms with van der Waals surface area (Å²) in [5.74, 6) is 0.845. The third-order valence-corrected chi connectivity index (χ3v) is 5.07. The van der Waals surface area contributed by atoms with Gasteiger partial charge in [0.25, 0.3) is 0 Å². The molecule has 2 aromatic rings. The van der Waals surface area contributed by atoms with Crippen LogP contribution in [0.15, 0.2) is 34.4 Å². The lowest BCUT2D eigenvalue weighted by molar-refractivity contribution is 0.419. The second-order valence-corrected chi connectivity index (χ2v) is 7.47. The van der Waals surface area contributed by atoms with E-state index in [2.05, 4.69) is 48.2 Å². The molecule has 1 unspecified atom stereocenters. The van der Waals surface area contributed by atoms with Gasteiger partial charge in [0.2, 0.25) is 5.95 Å². The fraction of sp³-hybridized carbons (Fsp3) is 0.429. The average molecular weight is 353 g/mol. The SMILES string of the molecule is Brc1ccc(CNC2CCCN(c3ncccn3)C2)s1. The molecule has 1 fully saturated rings. The Labute approximate surface area is 131 Å². The highest BCUT2D eigenvalue weighted by Gasteiger charge is 2.21. The molecule has 0 aromatic carbocycles. The van der Waals surface area contributed by atoms with Crippen molar-refractivity contribution >= 4 is 33.2 Å². The summed E-state index contributed by atoms with van der Waals surface area (Å²) in [6.45, 7) is 2.97. The number of halogens is 1. The van der Waals surface area contributed by atoms with E-state index >= 15 is 0 Å². The lowest BCUT2D eigenvalue weighted by Crippen LogP contribution is -2.46. The van der Waals surface area contributed by atoms with Crippen LogP contribution in [0.3, 0.4) is 0 Å². The van der Waals surface area contributed by atoms with Crippen molar-refractivity contribution in [3.05, 3.63) is 39.3 Å². The molecule has 1 saturated heterocycles. The maximum absolute atomic E-state index is 4.34. The van der Waals surface area contributed by atoms with Crippen LogP contribution < -0.4 is 10.2 Å². The zero-order valence-corrected chi connectivity index (χ0v) is 13.5. The fourth-order valence-electron chi connectivity index (χ4n) is 2.47. The summed E-state index contributed by atoms with van der Waals surface area (Å²) in [6.07, 6.45) is 6.02. The highest BCUT2D eigenvalue weighted by Crippen LogP contribution is 2.22. The van der Waals surface area contributed by atoms with Crippen LogP contribution in [0.4, 0.5) is 5.95 Å². The molecule has 1 N–H and O–H groups in total. The van der Waals surface area contributed by atoms with Crippen LogP contribution in [0.2, 0.25) is 0 Å². The molecule has 1 atom stereocenters. The van der Waals surface area contributed by atoms with Gasteiger partial charge in [-0.3, -0.25) is 0 Å². The first-order valence-corrected chi connectivity index (χ1v) is 8.42. The van der Waals surface area contributed by atoms with Gasteiger partial charge in [-0.25, -0.2) is 9.97 Å². The Balaban J connectivity index is 1.55. The van der Waals surface area contributed by atoms with Crippen molar-refractivity contribution in [2.45, 2.75) is 25.4 Å². The van der Waals surface area contributed by atoms with Crippen LogP contribution in [0, 0.1) is 0 Å². The Kier molecular flexibility index (Phi) is 4.65. The monoisotopic (exact) mass is 352 g/mol. The molecule has 2 aromatic heterocycles. The Morgan fingerprint density at radius 2 is 2.20 bits per heavy atom. The minimum absolute atomic E-state index is 0.508. The van der Waals surface area contributed by atoms with Gasteiger partial charge in [0.05, 0.1) is 3.79 Å². The molecule has 0 aliphatic carbocycles. The Morgan fingerprint density at radius 1 is 1.35 bits per heavy atom. The molecule has 106 valence electrons. The highest BCUT2D eigenvalue weighted by atomic mass is 79.9. The largest absolute Gasteiger partial charge is 0.339 e. The molecule has 0 spiro atoms. The van der Waals surface area contributed by atoms with Crippen molar-refractivity contribution in [3.63, 3.8) is 0 Å². The summed E-state index contributed by atoms with van der Waals surface area (Å²) in [4.78, 5) is 12.3. The van der Waals surface area contributed by atoms with Crippen LogP contribution in [0.1, 0.15) is 17.7 Å². The predicted octanol–water partition coefficient (Wildman–Crippen LogP) is 3.06. The van der Waals surface area contributed by atoms with Crippen LogP contribution in [-0.2, 0) is 6.54 Å². The number of aromatic nitrogens is 2. The lowest BCUT2D eigenvalue weighted by Gasteiger charge is -2.33. The van der Waals surface area contributed by atoms with Gasteiger partial charge < -0.3 is 10.2 Å². The number of anilines is 1. The fourth-order valence-corrected chi connectivity index (χ4v) is 3.91. The van der Waals surface area contributed by atoms with E-state index in [1.807, 2.05) is 18.5 Å². The molecule has 0 amide bonds. The van der Waals surface area contributed by atoms with Crippen LogP contribution in [0.5, 0.6) is 0 Å². The highest BCUT2D eigenvalue weighted by molar-refractivity contribution is 9.11. The first-order chi connectivity index (χ1) is 9.81. The molecule has 3 rings (SSSR count). The van der Waals surface area contributed by atoms with Gasteiger partial charge in [0, 0.05) is 42.9 Å².